The van der Waals surface area contributed by atoms with Crippen molar-refractivity contribution in [2.24, 2.45) is 5.73 Å². The van der Waals surface area contributed by atoms with E-state index in [0.717, 1.165) is 31.4 Å². The van der Waals surface area contributed by atoms with Crippen LogP contribution in [0.2, 0.25) is 0 Å². The number of nitrogens with one attached hydrogen (secondary N) is 2. The molecule has 4 N–H and O–H groups in total. The number of amides is 1. The first-order chi connectivity index (χ1) is 10.2. The topological polar surface area (TPSA) is 94.7 Å². The second-order valence-electron chi connectivity index (χ2n) is 5.40. The number of fused-ring (bicyclic) bond motifs is 1. The molecular weight excluding hydrogens is 264 g/mol. The summed E-state index contributed by atoms with van der Waals surface area (Å²) in [5.41, 5.74) is 9.16. The Kier molecular flexibility index (Phi) is 5.04. The van der Waals surface area contributed by atoms with Gasteiger partial charge in [-0.1, -0.05) is 13.3 Å². The lowest BCUT2D eigenvalue weighted by molar-refractivity contribution is -0.114. The maximum atomic E-state index is 11.5. The zero-order chi connectivity index (χ0) is 15.2. The van der Waals surface area contributed by atoms with Gasteiger partial charge in [-0.2, -0.15) is 5.26 Å². The van der Waals surface area contributed by atoms with Gasteiger partial charge in [0.15, 0.2) is 0 Å². The van der Waals surface area contributed by atoms with Gasteiger partial charge in [-0.3, -0.25) is 4.79 Å². The number of carbonyl (C=O) groups is 1. The Labute approximate surface area is 125 Å². The molecule has 0 spiro atoms. The van der Waals surface area contributed by atoms with Crippen LogP contribution >= 0.6 is 0 Å². The minimum Gasteiger partial charge on any atom is -0.382 e. The van der Waals surface area contributed by atoms with Crippen LogP contribution in [-0.4, -0.2) is 17.4 Å². The summed E-state index contributed by atoms with van der Waals surface area (Å²) in [4.78, 5) is 14.9. The second-order valence-corrected chi connectivity index (χ2v) is 5.40. The largest absolute Gasteiger partial charge is 0.382 e. The lowest BCUT2D eigenvalue weighted by Gasteiger charge is -2.11. The minimum atomic E-state index is -0.691. The number of hydrogen-bond acceptors (Lipinski definition) is 3. The molecule has 1 aliphatic carbocycles. The van der Waals surface area contributed by atoms with E-state index in [0.29, 0.717) is 12.2 Å². The summed E-state index contributed by atoms with van der Waals surface area (Å²) in [6.07, 6.45) is 6.45. The van der Waals surface area contributed by atoms with Crippen molar-refractivity contribution in [2.45, 2.75) is 45.4 Å². The van der Waals surface area contributed by atoms with Crippen LogP contribution < -0.4 is 11.1 Å². The van der Waals surface area contributed by atoms with Gasteiger partial charge in [0.25, 0.3) is 5.91 Å². The van der Waals surface area contributed by atoms with E-state index >= 15 is 0 Å². The molecule has 0 saturated carbocycles. The predicted octanol–water partition coefficient (Wildman–Crippen LogP) is 2.00. The molecule has 0 atom stereocenters. The van der Waals surface area contributed by atoms with Crippen LogP contribution in [-0.2, 0) is 17.6 Å². The molecule has 0 radical (unpaired) electrons. The van der Waals surface area contributed by atoms with Crippen molar-refractivity contribution in [3.8, 4) is 6.07 Å². The normalized spacial score (nSPS) is 14.9. The van der Waals surface area contributed by atoms with E-state index in [9.17, 15) is 10.1 Å². The lowest BCUT2D eigenvalue weighted by Crippen LogP contribution is -2.22. The summed E-state index contributed by atoms with van der Waals surface area (Å²) in [5, 5.41) is 12.4. The van der Waals surface area contributed by atoms with Crippen molar-refractivity contribution in [1.82, 2.24) is 10.3 Å². The molecule has 0 aromatic carbocycles. The van der Waals surface area contributed by atoms with E-state index in [1.54, 1.807) is 0 Å². The standard InChI is InChI=1S/C16H22N4O/c1-2-3-8-19-15(12(10-17)16(18)21)14-9-11-6-4-5-7-13(11)20-14/h9,19-20H,2-8H2,1H3,(H2,18,21)/b15-12-. The third kappa shape index (κ3) is 3.46. The van der Waals surface area contributed by atoms with Crippen LogP contribution in [0.4, 0.5) is 0 Å². The van der Waals surface area contributed by atoms with E-state index in [2.05, 4.69) is 17.2 Å². The number of aromatic nitrogens is 1. The minimum absolute atomic E-state index is 0.00954. The fraction of sp³-hybridized carbons (Fsp3) is 0.500. The number of unbranched alkanes of at least 4 members (excludes halogenated alkanes) is 1. The Bertz CT molecular complexity index is 568. The monoisotopic (exact) mass is 286 g/mol. The SMILES string of the molecule is CCCCN/C(=C(/C#N)C(N)=O)c1cc2c([nH]1)CCCC2. The molecule has 21 heavy (non-hydrogen) atoms. The number of aryl methyl sites for hydroxylation is 2. The smallest absolute Gasteiger partial charge is 0.261 e. The molecular formula is C16H22N4O. The van der Waals surface area contributed by atoms with E-state index in [1.807, 2.05) is 12.1 Å². The number of hydrogen-bond donors (Lipinski definition) is 3. The van der Waals surface area contributed by atoms with Gasteiger partial charge >= 0.3 is 0 Å². The maximum Gasteiger partial charge on any atom is 0.261 e. The van der Waals surface area contributed by atoms with Crippen LogP contribution in [0, 0.1) is 11.3 Å². The number of aromatic amines is 1. The van der Waals surface area contributed by atoms with Crippen molar-refractivity contribution in [1.29, 1.82) is 5.26 Å². The molecule has 1 aromatic rings. The fourth-order valence-corrected chi connectivity index (χ4v) is 2.68. The zero-order valence-corrected chi connectivity index (χ0v) is 12.5. The van der Waals surface area contributed by atoms with Gasteiger partial charge in [-0.15, -0.1) is 0 Å². The number of nitrogens with two attached hydrogens (primary N) is 1. The quantitative estimate of drug-likeness (QED) is 0.424. The second kappa shape index (κ2) is 6.98. The van der Waals surface area contributed by atoms with E-state index in [4.69, 9.17) is 5.73 Å². The van der Waals surface area contributed by atoms with Crippen LogP contribution in [0.25, 0.3) is 5.70 Å². The molecule has 1 aromatic heterocycles. The van der Waals surface area contributed by atoms with Gasteiger partial charge < -0.3 is 16.0 Å². The third-order valence-electron chi connectivity index (χ3n) is 3.82. The molecule has 1 aliphatic rings. The van der Waals surface area contributed by atoms with Crippen molar-refractivity contribution in [2.75, 3.05) is 6.54 Å². The number of carbonyl (C=O) groups excluding carboxylic acids is 1. The number of rotatable bonds is 6. The van der Waals surface area contributed by atoms with Gasteiger partial charge in [0.2, 0.25) is 0 Å². The molecule has 1 heterocycles. The number of H-pyrrole nitrogens is 1. The van der Waals surface area contributed by atoms with Crippen LogP contribution in [0.3, 0.4) is 0 Å². The zero-order valence-electron chi connectivity index (χ0n) is 12.5. The predicted molar refractivity (Wildman–Crippen MR) is 82.1 cm³/mol. The molecule has 5 nitrogen and oxygen atoms in total. The summed E-state index contributed by atoms with van der Waals surface area (Å²) in [6.45, 7) is 2.81. The van der Waals surface area contributed by atoms with E-state index < -0.39 is 5.91 Å². The van der Waals surface area contributed by atoms with E-state index in [-0.39, 0.29) is 5.57 Å². The van der Waals surface area contributed by atoms with Crippen molar-refractivity contribution in [3.63, 3.8) is 0 Å². The average molecular weight is 286 g/mol. The first-order valence-corrected chi connectivity index (χ1v) is 7.56. The van der Waals surface area contributed by atoms with Gasteiger partial charge in [0.05, 0.1) is 11.4 Å². The first kappa shape index (κ1) is 15.2. The molecule has 0 saturated heterocycles. The van der Waals surface area contributed by atoms with Crippen LogP contribution in [0.15, 0.2) is 11.6 Å². The highest BCUT2D eigenvalue weighted by molar-refractivity contribution is 6.03. The summed E-state index contributed by atoms with van der Waals surface area (Å²) < 4.78 is 0. The average Bonchev–Trinajstić information content (AvgIpc) is 2.89. The molecule has 112 valence electrons. The number of nitriles is 1. The van der Waals surface area contributed by atoms with Crippen LogP contribution in [0.5, 0.6) is 0 Å². The Hall–Kier alpha value is -2.22. The molecule has 0 fully saturated rings. The van der Waals surface area contributed by atoms with Gasteiger partial charge in [-0.05, 0) is 43.7 Å². The summed E-state index contributed by atoms with van der Waals surface area (Å²) in [5.74, 6) is -0.691. The highest BCUT2D eigenvalue weighted by Gasteiger charge is 2.19. The molecule has 5 heteroatoms. The Balaban J connectivity index is 2.37. The van der Waals surface area contributed by atoms with Crippen molar-refractivity contribution < 1.29 is 4.79 Å². The highest BCUT2D eigenvalue weighted by atomic mass is 16.1. The molecule has 0 aliphatic heterocycles. The van der Waals surface area contributed by atoms with Crippen LogP contribution in [0.1, 0.15) is 49.6 Å². The summed E-state index contributed by atoms with van der Waals surface area (Å²) >= 11 is 0. The Morgan fingerprint density at radius 2 is 2.24 bits per heavy atom. The third-order valence-corrected chi connectivity index (χ3v) is 3.82. The lowest BCUT2D eigenvalue weighted by atomic mass is 9.98. The Morgan fingerprint density at radius 3 is 2.86 bits per heavy atom. The number of primary amides is 1. The van der Waals surface area contributed by atoms with Crippen molar-refractivity contribution >= 4 is 11.6 Å². The van der Waals surface area contributed by atoms with E-state index in [1.165, 1.54) is 24.1 Å². The highest BCUT2D eigenvalue weighted by Crippen LogP contribution is 2.25. The molecule has 0 unspecified atom stereocenters. The molecule has 1 amide bonds. The maximum absolute atomic E-state index is 11.5. The molecule has 2 rings (SSSR count). The summed E-state index contributed by atoms with van der Waals surface area (Å²) in [7, 11) is 0. The number of nitrogens with zero attached hydrogens (tertiary/aromatic N) is 1. The first-order valence-electron chi connectivity index (χ1n) is 7.56. The summed E-state index contributed by atoms with van der Waals surface area (Å²) in [6, 6.07) is 3.97. The fourth-order valence-electron chi connectivity index (χ4n) is 2.68. The Morgan fingerprint density at radius 1 is 1.48 bits per heavy atom. The molecule has 0 bridgehead atoms. The van der Waals surface area contributed by atoms with Crippen molar-refractivity contribution in [3.05, 3.63) is 28.6 Å². The van der Waals surface area contributed by atoms with Gasteiger partial charge in [0.1, 0.15) is 11.6 Å². The van der Waals surface area contributed by atoms with Gasteiger partial charge in [0, 0.05) is 12.2 Å². The van der Waals surface area contributed by atoms with Gasteiger partial charge in [-0.25, -0.2) is 0 Å².